The summed E-state index contributed by atoms with van der Waals surface area (Å²) in [6.45, 7) is 4.87. The molecular formula is C22H27NO5. The lowest BCUT2D eigenvalue weighted by Gasteiger charge is -2.23. The van der Waals surface area contributed by atoms with Gasteiger partial charge in [-0.15, -0.1) is 0 Å². The quantitative estimate of drug-likeness (QED) is 0.458. The minimum Gasteiger partial charge on any atom is -0.493 e. The van der Waals surface area contributed by atoms with Crippen LogP contribution in [0.25, 0.3) is 6.08 Å². The molecule has 0 N–H and O–H groups in total. The van der Waals surface area contributed by atoms with E-state index in [2.05, 4.69) is 0 Å². The molecule has 0 radical (unpaired) electrons. The van der Waals surface area contributed by atoms with Gasteiger partial charge in [0.1, 0.15) is 11.5 Å². The van der Waals surface area contributed by atoms with Crippen LogP contribution in [0.1, 0.15) is 31.6 Å². The summed E-state index contributed by atoms with van der Waals surface area (Å²) in [6, 6.07) is 11.1. The summed E-state index contributed by atoms with van der Waals surface area (Å²) >= 11 is 0. The van der Waals surface area contributed by atoms with Gasteiger partial charge in [-0.05, 0) is 30.7 Å². The molecule has 1 aromatic carbocycles. The Labute approximate surface area is 165 Å². The summed E-state index contributed by atoms with van der Waals surface area (Å²) in [4.78, 5) is 26.2. The van der Waals surface area contributed by atoms with Crippen molar-refractivity contribution in [2.75, 3.05) is 20.3 Å². The molecule has 0 bridgehead atoms. The number of hydrogen-bond acceptors (Lipinski definition) is 5. The SMILES string of the molecule is CCCOc1ccccc1/C=C/C(=O)N(Cc1ccco1)CC(C)C(=O)OC. The Bertz CT molecular complexity index is 782. The minimum atomic E-state index is -0.447. The van der Waals surface area contributed by atoms with Crippen molar-refractivity contribution in [1.82, 2.24) is 4.90 Å². The van der Waals surface area contributed by atoms with Crippen molar-refractivity contribution in [2.45, 2.75) is 26.8 Å². The molecule has 0 spiro atoms. The van der Waals surface area contributed by atoms with E-state index in [-0.39, 0.29) is 25.0 Å². The van der Waals surface area contributed by atoms with Gasteiger partial charge in [0, 0.05) is 18.2 Å². The molecule has 1 unspecified atom stereocenters. The van der Waals surface area contributed by atoms with Crippen molar-refractivity contribution in [3.05, 3.63) is 60.1 Å². The van der Waals surface area contributed by atoms with E-state index in [0.717, 1.165) is 17.7 Å². The fourth-order valence-electron chi connectivity index (χ4n) is 2.66. The number of nitrogens with zero attached hydrogens (tertiary/aromatic N) is 1. The van der Waals surface area contributed by atoms with Gasteiger partial charge in [-0.2, -0.15) is 0 Å². The lowest BCUT2D eigenvalue weighted by atomic mass is 10.1. The zero-order chi connectivity index (χ0) is 20.4. The molecule has 1 amide bonds. The first-order chi connectivity index (χ1) is 13.5. The number of furan rings is 1. The van der Waals surface area contributed by atoms with Gasteiger partial charge in [0.15, 0.2) is 0 Å². The average Bonchev–Trinajstić information content (AvgIpc) is 3.22. The van der Waals surface area contributed by atoms with E-state index in [1.54, 1.807) is 36.3 Å². The van der Waals surface area contributed by atoms with Crippen molar-refractivity contribution < 1.29 is 23.5 Å². The molecule has 28 heavy (non-hydrogen) atoms. The van der Waals surface area contributed by atoms with Gasteiger partial charge < -0.3 is 18.8 Å². The molecule has 6 nitrogen and oxygen atoms in total. The highest BCUT2D eigenvalue weighted by molar-refractivity contribution is 5.92. The number of benzene rings is 1. The highest BCUT2D eigenvalue weighted by atomic mass is 16.5. The Hall–Kier alpha value is -3.02. The number of rotatable bonds is 10. The van der Waals surface area contributed by atoms with Gasteiger partial charge >= 0.3 is 5.97 Å². The molecule has 0 saturated carbocycles. The van der Waals surface area contributed by atoms with Crippen LogP contribution in [0.5, 0.6) is 5.75 Å². The molecule has 1 heterocycles. The van der Waals surface area contributed by atoms with Gasteiger partial charge in [0.05, 0.1) is 32.4 Å². The third kappa shape index (κ3) is 6.30. The summed E-state index contributed by atoms with van der Waals surface area (Å²) in [7, 11) is 1.34. The van der Waals surface area contributed by atoms with Crippen molar-refractivity contribution in [3.8, 4) is 5.75 Å². The first-order valence-electron chi connectivity index (χ1n) is 9.34. The first kappa shape index (κ1) is 21.3. The Morgan fingerprint density at radius 1 is 1.21 bits per heavy atom. The zero-order valence-electron chi connectivity index (χ0n) is 16.6. The van der Waals surface area contributed by atoms with Crippen molar-refractivity contribution in [1.29, 1.82) is 0 Å². The summed E-state index contributed by atoms with van der Waals surface area (Å²) in [5.74, 6) is 0.342. The third-order valence-corrected chi connectivity index (χ3v) is 4.12. The van der Waals surface area contributed by atoms with Crippen LogP contribution >= 0.6 is 0 Å². The maximum absolute atomic E-state index is 12.8. The van der Waals surface area contributed by atoms with Crippen LogP contribution in [0, 0.1) is 5.92 Å². The van der Waals surface area contributed by atoms with E-state index in [4.69, 9.17) is 13.9 Å². The maximum atomic E-state index is 12.8. The highest BCUT2D eigenvalue weighted by Gasteiger charge is 2.21. The standard InChI is InChI=1S/C22H27NO5/c1-4-13-28-20-10-6-5-8-18(20)11-12-21(24)23(15-17(2)22(25)26-3)16-19-9-7-14-27-19/h5-12,14,17H,4,13,15-16H2,1-3H3/b12-11+. The number of carbonyl (C=O) groups is 2. The van der Waals surface area contributed by atoms with Crippen molar-refractivity contribution in [3.63, 3.8) is 0 Å². The molecule has 6 heteroatoms. The van der Waals surface area contributed by atoms with Gasteiger partial charge in [-0.3, -0.25) is 9.59 Å². The smallest absolute Gasteiger partial charge is 0.310 e. The molecule has 150 valence electrons. The molecule has 0 aliphatic carbocycles. The molecule has 0 saturated heterocycles. The van der Waals surface area contributed by atoms with Crippen LogP contribution in [-0.4, -0.2) is 37.0 Å². The largest absolute Gasteiger partial charge is 0.493 e. The van der Waals surface area contributed by atoms with Crippen LogP contribution in [0.15, 0.2) is 53.2 Å². The predicted molar refractivity (Wildman–Crippen MR) is 107 cm³/mol. The van der Waals surface area contributed by atoms with Gasteiger partial charge in [-0.25, -0.2) is 0 Å². The predicted octanol–water partition coefficient (Wildman–Crippen LogP) is 3.92. The average molecular weight is 385 g/mol. The van der Waals surface area contributed by atoms with Crippen molar-refractivity contribution in [2.24, 2.45) is 5.92 Å². The van der Waals surface area contributed by atoms with Gasteiger partial charge in [0.25, 0.3) is 0 Å². The Balaban J connectivity index is 2.15. The Kier molecular flexibility index (Phi) is 8.34. The van der Waals surface area contributed by atoms with E-state index in [9.17, 15) is 9.59 Å². The molecule has 0 aliphatic rings. The number of carbonyl (C=O) groups excluding carboxylic acids is 2. The van der Waals surface area contributed by atoms with E-state index >= 15 is 0 Å². The molecule has 1 aromatic heterocycles. The Morgan fingerprint density at radius 3 is 2.68 bits per heavy atom. The molecular weight excluding hydrogens is 358 g/mol. The number of methoxy groups -OCH3 is 1. The lowest BCUT2D eigenvalue weighted by Crippen LogP contribution is -2.35. The van der Waals surface area contributed by atoms with Gasteiger partial charge in [0.2, 0.25) is 5.91 Å². The first-order valence-corrected chi connectivity index (χ1v) is 9.34. The number of amides is 1. The minimum absolute atomic E-state index is 0.225. The van der Waals surface area contributed by atoms with Gasteiger partial charge in [-0.1, -0.05) is 32.0 Å². The number of hydrogen-bond donors (Lipinski definition) is 0. The summed E-state index contributed by atoms with van der Waals surface area (Å²) < 4.78 is 15.9. The normalized spacial score (nSPS) is 12.0. The molecule has 2 aromatic rings. The number of ether oxygens (including phenoxy) is 2. The molecule has 0 fully saturated rings. The second kappa shape index (κ2) is 11.0. The second-order valence-corrected chi connectivity index (χ2v) is 6.44. The topological polar surface area (TPSA) is 69.0 Å². The van der Waals surface area contributed by atoms with Crippen LogP contribution in [-0.2, 0) is 20.9 Å². The summed E-state index contributed by atoms with van der Waals surface area (Å²) in [5.41, 5.74) is 0.822. The van der Waals surface area contributed by atoms with Crippen LogP contribution in [0.2, 0.25) is 0 Å². The fraction of sp³-hybridized carbons (Fsp3) is 0.364. The highest BCUT2D eigenvalue weighted by Crippen LogP contribution is 2.20. The lowest BCUT2D eigenvalue weighted by molar-refractivity contribution is -0.146. The van der Waals surface area contributed by atoms with E-state index in [1.165, 1.54) is 13.2 Å². The number of para-hydroxylation sites is 1. The van der Waals surface area contributed by atoms with Crippen LogP contribution < -0.4 is 4.74 Å². The van der Waals surface area contributed by atoms with Crippen LogP contribution in [0.4, 0.5) is 0 Å². The second-order valence-electron chi connectivity index (χ2n) is 6.44. The fourth-order valence-corrected chi connectivity index (χ4v) is 2.66. The molecule has 1 atom stereocenters. The van der Waals surface area contributed by atoms with Crippen LogP contribution in [0.3, 0.4) is 0 Å². The van der Waals surface area contributed by atoms with E-state index in [1.807, 2.05) is 31.2 Å². The summed E-state index contributed by atoms with van der Waals surface area (Å²) in [5, 5.41) is 0. The summed E-state index contributed by atoms with van der Waals surface area (Å²) in [6.07, 6.45) is 5.67. The van der Waals surface area contributed by atoms with E-state index < -0.39 is 5.92 Å². The zero-order valence-corrected chi connectivity index (χ0v) is 16.6. The monoisotopic (exact) mass is 385 g/mol. The molecule has 2 rings (SSSR count). The van der Waals surface area contributed by atoms with E-state index in [0.29, 0.717) is 12.4 Å². The van der Waals surface area contributed by atoms with Crippen molar-refractivity contribution >= 4 is 18.0 Å². The number of esters is 1. The Morgan fingerprint density at radius 2 is 2.00 bits per heavy atom. The molecule has 0 aliphatic heterocycles. The third-order valence-electron chi connectivity index (χ3n) is 4.12. The maximum Gasteiger partial charge on any atom is 0.310 e.